The van der Waals surface area contributed by atoms with Crippen LogP contribution in [0.2, 0.25) is 0 Å². The minimum Gasteiger partial charge on any atom is -0.462 e. The Morgan fingerprint density at radius 3 is 2.58 bits per heavy atom. The molecule has 0 amide bonds. The van der Waals surface area contributed by atoms with Crippen LogP contribution in [0, 0.1) is 5.41 Å². The molecule has 1 aromatic heterocycles. The van der Waals surface area contributed by atoms with Gasteiger partial charge in [-0.25, -0.2) is 4.79 Å². The molecule has 1 heterocycles. The van der Waals surface area contributed by atoms with Crippen LogP contribution in [-0.2, 0) is 17.6 Å². The maximum absolute atomic E-state index is 12.9. The molecule has 0 saturated heterocycles. The molecule has 31 heavy (non-hydrogen) atoms. The lowest BCUT2D eigenvalue weighted by Gasteiger charge is -2.10. The van der Waals surface area contributed by atoms with Crippen molar-refractivity contribution in [1.29, 1.82) is 5.41 Å². The summed E-state index contributed by atoms with van der Waals surface area (Å²) in [5.74, 6) is -0.296. The third kappa shape index (κ3) is 4.36. The van der Waals surface area contributed by atoms with E-state index in [9.17, 15) is 4.79 Å². The Morgan fingerprint density at radius 2 is 1.77 bits per heavy atom. The minimum atomic E-state index is -0.322. The predicted octanol–water partition coefficient (Wildman–Crippen LogP) is 4.81. The minimum absolute atomic E-state index is 0.0261. The Labute approximate surface area is 181 Å². The van der Waals surface area contributed by atoms with Crippen molar-refractivity contribution in [1.82, 2.24) is 4.98 Å². The number of fused-ring (bicyclic) bond motifs is 1. The molecular formula is C26H25N3O2. The van der Waals surface area contributed by atoms with Crippen molar-refractivity contribution in [3.63, 3.8) is 0 Å². The Hall–Kier alpha value is -3.86. The maximum atomic E-state index is 12.9. The summed E-state index contributed by atoms with van der Waals surface area (Å²) in [7, 11) is 0. The fourth-order valence-electron chi connectivity index (χ4n) is 3.95. The number of H-pyrrole nitrogens is 1. The first kappa shape index (κ1) is 20.4. The van der Waals surface area contributed by atoms with Gasteiger partial charge in [-0.05, 0) is 46.9 Å². The number of hydrogen-bond donors (Lipinski definition) is 3. The van der Waals surface area contributed by atoms with Gasteiger partial charge in [0.25, 0.3) is 0 Å². The van der Waals surface area contributed by atoms with Crippen molar-refractivity contribution in [3.8, 4) is 0 Å². The third-order valence-corrected chi connectivity index (χ3v) is 5.40. The van der Waals surface area contributed by atoms with E-state index in [-0.39, 0.29) is 11.8 Å². The first-order valence-electron chi connectivity index (χ1n) is 10.3. The smallest absolute Gasteiger partial charge is 0.340 e. The van der Waals surface area contributed by atoms with Gasteiger partial charge in [0, 0.05) is 23.9 Å². The highest BCUT2D eigenvalue weighted by Gasteiger charge is 2.21. The van der Waals surface area contributed by atoms with E-state index < -0.39 is 0 Å². The van der Waals surface area contributed by atoms with Crippen LogP contribution in [0.3, 0.4) is 0 Å². The zero-order chi connectivity index (χ0) is 21.8. The molecule has 4 rings (SSSR count). The van der Waals surface area contributed by atoms with Crippen LogP contribution in [0.5, 0.6) is 0 Å². The monoisotopic (exact) mass is 411 g/mol. The number of carbonyl (C=O) groups excluding carboxylic acids is 1. The van der Waals surface area contributed by atoms with E-state index in [0.717, 1.165) is 22.4 Å². The molecule has 5 nitrogen and oxygen atoms in total. The van der Waals surface area contributed by atoms with Gasteiger partial charge in [-0.3, -0.25) is 5.41 Å². The van der Waals surface area contributed by atoms with Crippen molar-refractivity contribution in [2.45, 2.75) is 19.8 Å². The lowest BCUT2D eigenvalue weighted by atomic mass is 9.96. The number of nitrogens with two attached hydrogens (primary N) is 1. The van der Waals surface area contributed by atoms with Crippen molar-refractivity contribution in [2.24, 2.45) is 5.73 Å². The van der Waals surface area contributed by atoms with Crippen molar-refractivity contribution in [3.05, 3.63) is 106 Å². The number of amidine groups is 1. The Bertz CT molecular complexity index is 1250. The number of carbonyl (C=O) groups is 1. The summed E-state index contributed by atoms with van der Waals surface area (Å²) in [5, 5.41) is 10.0. The molecule has 4 N–H and O–H groups in total. The molecule has 5 heteroatoms. The van der Waals surface area contributed by atoms with Gasteiger partial charge in [0.2, 0.25) is 0 Å². The van der Waals surface area contributed by atoms with Gasteiger partial charge >= 0.3 is 5.97 Å². The first-order chi connectivity index (χ1) is 15.1. The molecule has 4 aromatic rings. The molecule has 0 aliphatic rings. The summed E-state index contributed by atoms with van der Waals surface area (Å²) in [4.78, 5) is 16.2. The lowest BCUT2D eigenvalue weighted by Crippen LogP contribution is -2.12. The van der Waals surface area contributed by atoms with Gasteiger partial charge in [-0.1, -0.05) is 60.7 Å². The van der Waals surface area contributed by atoms with Crippen LogP contribution in [0.25, 0.3) is 10.8 Å². The molecule has 0 radical (unpaired) electrons. The van der Waals surface area contributed by atoms with Crippen LogP contribution in [0.1, 0.15) is 45.2 Å². The highest BCUT2D eigenvalue weighted by molar-refractivity contribution is 5.95. The second-order valence-corrected chi connectivity index (χ2v) is 7.49. The summed E-state index contributed by atoms with van der Waals surface area (Å²) in [6, 6.07) is 22.0. The van der Waals surface area contributed by atoms with Gasteiger partial charge in [-0.2, -0.15) is 0 Å². The van der Waals surface area contributed by atoms with Gasteiger partial charge in [0.05, 0.1) is 12.2 Å². The predicted molar refractivity (Wildman–Crippen MR) is 124 cm³/mol. The number of nitrogens with one attached hydrogen (secondary N) is 2. The Morgan fingerprint density at radius 1 is 1.00 bits per heavy atom. The average Bonchev–Trinajstić information content (AvgIpc) is 3.16. The molecule has 0 aliphatic carbocycles. The zero-order valence-corrected chi connectivity index (χ0v) is 17.4. The van der Waals surface area contributed by atoms with Gasteiger partial charge in [-0.15, -0.1) is 0 Å². The van der Waals surface area contributed by atoms with Crippen molar-refractivity contribution in [2.75, 3.05) is 6.61 Å². The molecule has 0 unspecified atom stereocenters. The van der Waals surface area contributed by atoms with Gasteiger partial charge in [0.1, 0.15) is 5.84 Å². The number of nitrogen functional groups attached to an aromatic ring is 1. The Balaban J connectivity index is 1.72. The number of rotatable bonds is 7. The summed E-state index contributed by atoms with van der Waals surface area (Å²) >= 11 is 0. The first-order valence-corrected chi connectivity index (χ1v) is 10.3. The van der Waals surface area contributed by atoms with Gasteiger partial charge < -0.3 is 15.5 Å². The quantitative estimate of drug-likeness (QED) is 0.231. The van der Waals surface area contributed by atoms with Crippen molar-refractivity contribution < 1.29 is 9.53 Å². The molecule has 3 aromatic carbocycles. The summed E-state index contributed by atoms with van der Waals surface area (Å²) in [6.45, 7) is 2.13. The van der Waals surface area contributed by atoms with E-state index in [1.165, 1.54) is 10.8 Å². The molecule has 0 spiro atoms. The van der Waals surface area contributed by atoms with E-state index in [1.807, 2.05) is 49.5 Å². The molecule has 0 bridgehead atoms. The molecule has 0 atom stereocenters. The maximum Gasteiger partial charge on any atom is 0.340 e. The molecular weight excluding hydrogens is 386 g/mol. The van der Waals surface area contributed by atoms with E-state index in [1.54, 1.807) is 6.07 Å². The molecule has 0 saturated carbocycles. The number of ether oxygens (including phenoxy) is 1. The van der Waals surface area contributed by atoms with Crippen LogP contribution in [0.15, 0.2) is 72.9 Å². The second-order valence-electron chi connectivity index (χ2n) is 7.49. The largest absolute Gasteiger partial charge is 0.462 e. The molecule has 0 aliphatic heterocycles. The SMILES string of the molecule is CCOC(=O)c1c(Cc2cccc(C(=N)N)c2)c[nH]c1Cc1cccc2ccccc12. The van der Waals surface area contributed by atoms with Crippen LogP contribution in [-0.4, -0.2) is 23.4 Å². The number of esters is 1. The van der Waals surface area contributed by atoms with E-state index in [2.05, 4.69) is 29.2 Å². The fraction of sp³-hybridized carbons (Fsp3) is 0.154. The molecule has 0 fully saturated rings. The van der Waals surface area contributed by atoms with Crippen LogP contribution >= 0.6 is 0 Å². The van der Waals surface area contributed by atoms with Gasteiger partial charge in [0.15, 0.2) is 0 Å². The van der Waals surface area contributed by atoms with E-state index in [0.29, 0.717) is 30.6 Å². The van der Waals surface area contributed by atoms with Crippen molar-refractivity contribution >= 4 is 22.6 Å². The number of aromatic amines is 1. The Kier molecular flexibility index (Phi) is 5.85. The lowest BCUT2D eigenvalue weighted by molar-refractivity contribution is 0.0524. The number of aromatic nitrogens is 1. The summed E-state index contributed by atoms with van der Waals surface area (Å²) in [6.07, 6.45) is 3.03. The summed E-state index contributed by atoms with van der Waals surface area (Å²) in [5.41, 5.74) is 10.7. The highest BCUT2D eigenvalue weighted by atomic mass is 16.5. The van der Waals surface area contributed by atoms with Crippen LogP contribution < -0.4 is 5.73 Å². The zero-order valence-electron chi connectivity index (χ0n) is 17.4. The number of hydrogen-bond acceptors (Lipinski definition) is 3. The van der Waals surface area contributed by atoms with Crippen LogP contribution in [0.4, 0.5) is 0 Å². The standard InChI is InChI=1S/C26H25N3O2/c1-2-31-26(30)24-21(14-17-7-5-11-20(13-17)25(27)28)16-29-23(24)15-19-10-6-9-18-8-3-4-12-22(18)19/h3-13,16,29H,2,14-15H2,1H3,(H3,27,28). The average molecular weight is 412 g/mol. The van der Waals surface area contributed by atoms with E-state index in [4.69, 9.17) is 15.9 Å². The fourth-order valence-corrected chi connectivity index (χ4v) is 3.95. The second kappa shape index (κ2) is 8.88. The normalized spacial score (nSPS) is 10.9. The summed E-state index contributed by atoms with van der Waals surface area (Å²) < 4.78 is 5.38. The van der Waals surface area contributed by atoms with E-state index >= 15 is 0 Å². The third-order valence-electron chi connectivity index (χ3n) is 5.40. The topological polar surface area (TPSA) is 92.0 Å². The number of benzene rings is 3. The highest BCUT2D eigenvalue weighted by Crippen LogP contribution is 2.26. The molecule has 156 valence electrons.